The fourth-order valence-electron chi connectivity index (χ4n) is 3.82. The van der Waals surface area contributed by atoms with E-state index < -0.39 is 0 Å². The Kier molecular flexibility index (Phi) is 3.59. The minimum Gasteiger partial charge on any atom is -0.469 e. The summed E-state index contributed by atoms with van der Waals surface area (Å²) in [5.41, 5.74) is -0.322. The zero-order valence-electron chi connectivity index (χ0n) is 13.0. The number of hydrogen-bond donors (Lipinski definition) is 0. The highest BCUT2D eigenvalue weighted by Gasteiger charge is 2.55. The highest BCUT2D eigenvalue weighted by atomic mass is 16.5. The number of anilines is 1. The predicted molar refractivity (Wildman–Crippen MR) is 80.1 cm³/mol. The van der Waals surface area contributed by atoms with Crippen LogP contribution in [0.1, 0.15) is 44.9 Å². The molecule has 2 fully saturated rings. The van der Waals surface area contributed by atoms with Gasteiger partial charge in [0.15, 0.2) is 0 Å². The maximum atomic E-state index is 12.3. The van der Waals surface area contributed by atoms with E-state index in [0.717, 1.165) is 44.0 Å². The summed E-state index contributed by atoms with van der Waals surface area (Å²) >= 11 is 0. The second kappa shape index (κ2) is 5.28. The Labute approximate surface area is 125 Å². The van der Waals surface area contributed by atoms with Crippen molar-refractivity contribution in [1.29, 1.82) is 0 Å². The fraction of sp³-hybridized carbons (Fsp3) is 0.688. The first kappa shape index (κ1) is 14.3. The number of rotatable bonds is 3. The van der Waals surface area contributed by atoms with Crippen molar-refractivity contribution in [2.45, 2.75) is 39.0 Å². The Bertz CT molecular complexity index is 546. The molecule has 114 valence electrons. The van der Waals surface area contributed by atoms with Gasteiger partial charge >= 0.3 is 5.97 Å². The zero-order valence-corrected chi connectivity index (χ0v) is 13.0. The third-order valence-corrected chi connectivity index (χ3v) is 4.96. The molecule has 0 N–H and O–H groups in total. The molecule has 5 heteroatoms. The quantitative estimate of drug-likeness (QED) is 0.800. The molecule has 1 saturated heterocycles. The van der Waals surface area contributed by atoms with Gasteiger partial charge in [0.2, 0.25) is 0 Å². The maximum Gasteiger partial charge on any atom is 0.313 e. The summed E-state index contributed by atoms with van der Waals surface area (Å²) in [7, 11) is 1.50. The Morgan fingerprint density at radius 1 is 1.52 bits per heavy atom. The van der Waals surface area contributed by atoms with E-state index in [1.54, 1.807) is 0 Å². The molecule has 2 heterocycles. The van der Waals surface area contributed by atoms with Crippen LogP contribution in [-0.4, -0.2) is 36.1 Å². The highest BCUT2D eigenvalue weighted by molar-refractivity contribution is 5.79. The number of nitrogens with zero attached hydrogens (tertiary/aromatic N) is 3. The first-order valence-corrected chi connectivity index (χ1v) is 7.73. The van der Waals surface area contributed by atoms with Gasteiger partial charge in [-0.15, -0.1) is 0 Å². The first-order valence-electron chi connectivity index (χ1n) is 7.73. The van der Waals surface area contributed by atoms with Crippen molar-refractivity contribution in [3.8, 4) is 0 Å². The van der Waals surface area contributed by atoms with Gasteiger partial charge in [-0.3, -0.25) is 4.79 Å². The van der Waals surface area contributed by atoms with Crippen LogP contribution in [0.2, 0.25) is 0 Å². The zero-order chi connectivity index (χ0) is 15.0. The number of carbonyl (C=O) groups is 1. The van der Waals surface area contributed by atoms with Crippen LogP contribution in [0.5, 0.6) is 0 Å². The van der Waals surface area contributed by atoms with Crippen molar-refractivity contribution in [3.63, 3.8) is 0 Å². The van der Waals surface area contributed by atoms with E-state index >= 15 is 0 Å². The van der Waals surface area contributed by atoms with E-state index in [2.05, 4.69) is 28.7 Å². The molecule has 0 aromatic carbocycles. The molecule has 3 rings (SSSR count). The van der Waals surface area contributed by atoms with E-state index in [1.165, 1.54) is 7.11 Å². The van der Waals surface area contributed by atoms with Crippen LogP contribution in [0.4, 0.5) is 5.82 Å². The van der Waals surface area contributed by atoms with Gasteiger partial charge in [0.05, 0.1) is 12.5 Å². The van der Waals surface area contributed by atoms with Crippen molar-refractivity contribution in [1.82, 2.24) is 9.97 Å². The van der Waals surface area contributed by atoms with Crippen molar-refractivity contribution >= 4 is 11.8 Å². The molecule has 1 aliphatic carbocycles. The molecule has 1 aliphatic heterocycles. The van der Waals surface area contributed by atoms with Crippen molar-refractivity contribution < 1.29 is 9.53 Å². The van der Waals surface area contributed by atoms with Crippen LogP contribution in [0, 0.1) is 11.3 Å². The monoisotopic (exact) mass is 289 g/mol. The molecule has 1 saturated carbocycles. The summed E-state index contributed by atoms with van der Waals surface area (Å²) in [6.07, 6.45) is 4.97. The van der Waals surface area contributed by atoms with Crippen LogP contribution >= 0.6 is 0 Å². The van der Waals surface area contributed by atoms with Crippen LogP contribution in [0.3, 0.4) is 0 Å². The number of methoxy groups -OCH3 is 1. The molecule has 2 aliphatic rings. The van der Waals surface area contributed by atoms with Gasteiger partial charge in [-0.2, -0.15) is 0 Å². The largest absolute Gasteiger partial charge is 0.469 e. The molecule has 2 unspecified atom stereocenters. The lowest BCUT2D eigenvalue weighted by atomic mass is 9.81. The molecule has 0 bridgehead atoms. The first-order chi connectivity index (χ1) is 10.1. The summed E-state index contributed by atoms with van der Waals surface area (Å²) in [5, 5.41) is 0. The minimum absolute atomic E-state index is 0.0503. The van der Waals surface area contributed by atoms with Crippen molar-refractivity contribution in [2.75, 3.05) is 25.1 Å². The molecule has 0 amide bonds. The molecule has 2 atom stereocenters. The van der Waals surface area contributed by atoms with Crippen LogP contribution in [0.25, 0.3) is 0 Å². The molecule has 1 aromatic rings. The highest BCUT2D eigenvalue weighted by Crippen LogP contribution is 2.50. The third kappa shape index (κ3) is 2.28. The second-order valence-electron chi connectivity index (χ2n) is 6.55. The molecule has 21 heavy (non-hydrogen) atoms. The normalized spacial score (nSPS) is 28.0. The van der Waals surface area contributed by atoms with E-state index in [4.69, 9.17) is 4.74 Å². The average molecular weight is 289 g/mol. The van der Waals surface area contributed by atoms with Crippen LogP contribution in [0.15, 0.2) is 12.3 Å². The number of hydrogen-bond acceptors (Lipinski definition) is 5. The summed E-state index contributed by atoms with van der Waals surface area (Å²) in [5.74, 6) is 2.44. The van der Waals surface area contributed by atoms with E-state index in [0.29, 0.717) is 11.8 Å². The van der Waals surface area contributed by atoms with Crippen LogP contribution < -0.4 is 4.90 Å². The van der Waals surface area contributed by atoms with Gasteiger partial charge in [0, 0.05) is 25.2 Å². The Balaban J connectivity index is 1.86. The van der Waals surface area contributed by atoms with Gasteiger partial charge < -0.3 is 9.64 Å². The lowest BCUT2D eigenvalue weighted by molar-refractivity contribution is -0.152. The Morgan fingerprint density at radius 3 is 3.05 bits per heavy atom. The Morgan fingerprint density at radius 2 is 2.33 bits per heavy atom. The van der Waals surface area contributed by atoms with Gasteiger partial charge in [-0.25, -0.2) is 9.97 Å². The van der Waals surface area contributed by atoms with Crippen LogP contribution in [-0.2, 0) is 9.53 Å². The van der Waals surface area contributed by atoms with Crippen molar-refractivity contribution in [2.24, 2.45) is 11.3 Å². The summed E-state index contributed by atoms with van der Waals surface area (Å²) in [4.78, 5) is 23.5. The lowest BCUT2D eigenvalue weighted by Crippen LogP contribution is -2.37. The smallest absolute Gasteiger partial charge is 0.313 e. The lowest BCUT2D eigenvalue weighted by Gasteiger charge is -2.25. The predicted octanol–water partition coefficient (Wildman–Crippen LogP) is 2.38. The molecule has 0 radical (unpaired) electrons. The Hall–Kier alpha value is -1.65. The molecule has 5 nitrogen and oxygen atoms in total. The topological polar surface area (TPSA) is 55.3 Å². The molecular weight excluding hydrogens is 266 g/mol. The average Bonchev–Trinajstić information content (AvgIpc) is 3.04. The van der Waals surface area contributed by atoms with E-state index in [9.17, 15) is 4.79 Å². The summed E-state index contributed by atoms with van der Waals surface area (Å²) in [6.45, 7) is 5.80. The third-order valence-electron chi connectivity index (χ3n) is 4.96. The van der Waals surface area contributed by atoms with E-state index in [-0.39, 0.29) is 11.4 Å². The number of fused-ring (bicyclic) bond motifs is 1. The van der Waals surface area contributed by atoms with Gasteiger partial charge in [-0.1, -0.05) is 20.3 Å². The van der Waals surface area contributed by atoms with Gasteiger partial charge in [0.25, 0.3) is 0 Å². The summed E-state index contributed by atoms with van der Waals surface area (Å²) < 4.78 is 5.09. The SMILES string of the molecule is COC(=O)C12CCCC1CN(c1ccnc(C(C)C)n1)C2. The van der Waals surface area contributed by atoms with Crippen molar-refractivity contribution in [3.05, 3.63) is 18.1 Å². The number of aromatic nitrogens is 2. The number of esters is 1. The number of ether oxygens (including phenoxy) is 1. The molecular formula is C16H23N3O2. The standard InChI is InChI=1S/C16H23N3O2/c1-11(2)14-17-8-6-13(18-14)19-9-12-5-4-7-16(12,10-19)15(20)21-3/h6,8,11-12H,4-5,7,9-10H2,1-3H3. The molecule has 0 spiro atoms. The van der Waals surface area contributed by atoms with E-state index in [1.807, 2.05) is 12.3 Å². The second-order valence-corrected chi connectivity index (χ2v) is 6.55. The summed E-state index contributed by atoms with van der Waals surface area (Å²) in [6, 6.07) is 1.94. The fourth-order valence-corrected chi connectivity index (χ4v) is 3.82. The van der Waals surface area contributed by atoms with Gasteiger partial charge in [-0.05, 0) is 24.8 Å². The number of carbonyl (C=O) groups excluding carboxylic acids is 1. The molecule has 1 aromatic heterocycles. The minimum atomic E-state index is -0.322. The van der Waals surface area contributed by atoms with Gasteiger partial charge in [0.1, 0.15) is 11.6 Å². The maximum absolute atomic E-state index is 12.3.